The summed E-state index contributed by atoms with van der Waals surface area (Å²) in [5, 5.41) is 4.30. The summed E-state index contributed by atoms with van der Waals surface area (Å²) in [5.41, 5.74) is 2.50. The van der Waals surface area contributed by atoms with E-state index in [1.807, 2.05) is 12.1 Å². The average Bonchev–Trinajstić information content (AvgIpc) is 2.40. The van der Waals surface area contributed by atoms with Gasteiger partial charge >= 0.3 is 0 Å². The molecule has 0 heterocycles. The Morgan fingerprint density at radius 1 is 1.21 bits per heavy atom. The summed E-state index contributed by atoms with van der Waals surface area (Å²) in [6.07, 6.45) is 0. The molecule has 1 unspecified atom stereocenters. The van der Waals surface area contributed by atoms with Gasteiger partial charge in [0, 0.05) is 13.1 Å². The molecule has 0 aromatic heterocycles. The zero-order chi connectivity index (χ0) is 13.8. The fraction of sp³-hybridized carbons (Fsp3) is 0.200. The molecule has 1 nitrogen and oxygen atoms in total. The Labute approximate surface area is 141 Å². The van der Waals surface area contributed by atoms with Gasteiger partial charge in [0.2, 0.25) is 0 Å². The number of nitrogens with one attached hydrogen (secondary N) is 1. The van der Waals surface area contributed by atoms with Crippen molar-refractivity contribution in [3.8, 4) is 0 Å². The summed E-state index contributed by atoms with van der Waals surface area (Å²) < 4.78 is 2.35. The fourth-order valence-corrected chi connectivity index (χ4v) is 3.15. The monoisotopic (exact) mass is 449 g/mol. The van der Waals surface area contributed by atoms with E-state index in [2.05, 4.69) is 81.1 Å². The Morgan fingerprint density at radius 3 is 2.53 bits per heavy atom. The number of hydrogen-bond acceptors (Lipinski definition) is 1. The first kappa shape index (κ1) is 15.3. The Bertz CT molecular complexity index is 557. The highest BCUT2D eigenvalue weighted by Crippen LogP contribution is 2.29. The number of hydrogen-bond donors (Lipinski definition) is 1. The van der Waals surface area contributed by atoms with Crippen molar-refractivity contribution in [3.63, 3.8) is 0 Å². The van der Waals surface area contributed by atoms with Crippen molar-refractivity contribution in [1.29, 1.82) is 0 Å². The van der Waals surface area contributed by atoms with Crippen LogP contribution in [-0.2, 0) is 0 Å². The second-order valence-electron chi connectivity index (χ2n) is 4.21. The smallest absolute Gasteiger partial charge is 0.0587 e. The topological polar surface area (TPSA) is 12.0 Å². The molecule has 0 amide bonds. The Morgan fingerprint density at radius 2 is 1.89 bits per heavy atom. The van der Waals surface area contributed by atoms with Crippen LogP contribution in [0.3, 0.4) is 0 Å². The lowest BCUT2D eigenvalue weighted by Gasteiger charge is -2.20. The molecule has 0 aliphatic carbocycles. The maximum absolute atomic E-state index is 5.97. The number of rotatable bonds is 4. The van der Waals surface area contributed by atoms with Gasteiger partial charge in [0.15, 0.2) is 0 Å². The van der Waals surface area contributed by atoms with E-state index in [9.17, 15) is 0 Å². The van der Waals surface area contributed by atoms with Crippen LogP contribution >= 0.6 is 50.1 Å². The molecule has 19 heavy (non-hydrogen) atoms. The summed E-state index contributed by atoms with van der Waals surface area (Å²) >= 11 is 11.9. The minimum Gasteiger partial charge on any atom is -0.306 e. The lowest BCUT2D eigenvalue weighted by atomic mass is 9.99. The first-order valence-electron chi connectivity index (χ1n) is 6.05. The van der Waals surface area contributed by atoms with E-state index in [1.54, 1.807) is 0 Å². The van der Waals surface area contributed by atoms with Crippen LogP contribution in [0.2, 0.25) is 5.02 Å². The molecule has 2 aromatic rings. The summed E-state index contributed by atoms with van der Waals surface area (Å²) in [6.45, 7) is 3.03. The summed E-state index contributed by atoms with van der Waals surface area (Å²) in [4.78, 5) is 0. The molecule has 100 valence electrons. The first-order valence-corrected chi connectivity index (χ1v) is 8.30. The average molecular weight is 451 g/mol. The third-order valence-electron chi connectivity index (χ3n) is 2.88. The molecule has 0 radical (unpaired) electrons. The van der Waals surface area contributed by atoms with Gasteiger partial charge in [-0.1, -0.05) is 46.6 Å². The molecule has 2 aromatic carbocycles. The lowest BCUT2D eigenvalue weighted by Crippen LogP contribution is -2.22. The van der Waals surface area contributed by atoms with E-state index >= 15 is 0 Å². The maximum Gasteiger partial charge on any atom is 0.0587 e. The van der Waals surface area contributed by atoms with Crippen molar-refractivity contribution in [2.24, 2.45) is 0 Å². The van der Waals surface area contributed by atoms with Crippen LogP contribution in [0, 0.1) is 3.57 Å². The van der Waals surface area contributed by atoms with Crippen molar-refractivity contribution in [1.82, 2.24) is 5.32 Å². The zero-order valence-corrected chi connectivity index (χ0v) is 15.0. The van der Waals surface area contributed by atoms with Crippen molar-refractivity contribution in [3.05, 3.63) is 66.7 Å². The van der Waals surface area contributed by atoms with Gasteiger partial charge in [0.25, 0.3) is 0 Å². The highest BCUT2D eigenvalue weighted by Gasteiger charge is 2.16. The minimum absolute atomic E-state index is 0.187. The third-order valence-corrected chi connectivity index (χ3v) is 4.61. The molecule has 2 rings (SSSR count). The van der Waals surface area contributed by atoms with Gasteiger partial charge in [-0.15, -0.1) is 0 Å². The number of benzene rings is 2. The van der Waals surface area contributed by atoms with Gasteiger partial charge in [-0.3, -0.25) is 0 Å². The molecule has 0 saturated carbocycles. The second-order valence-corrected chi connectivity index (χ2v) is 6.72. The van der Waals surface area contributed by atoms with Gasteiger partial charge in [0.05, 0.1) is 6.04 Å². The van der Waals surface area contributed by atoms with Crippen molar-refractivity contribution in [2.75, 3.05) is 6.54 Å². The van der Waals surface area contributed by atoms with Crippen LogP contribution in [0.25, 0.3) is 0 Å². The number of halogens is 3. The lowest BCUT2D eigenvalue weighted by molar-refractivity contribution is 0.628. The van der Waals surface area contributed by atoms with Crippen LogP contribution in [-0.4, -0.2) is 6.54 Å². The van der Waals surface area contributed by atoms with E-state index < -0.39 is 0 Å². The predicted molar refractivity (Wildman–Crippen MR) is 93.8 cm³/mol. The van der Waals surface area contributed by atoms with Crippen LogP contribution in [0.5, 0.6) is 0 Å². The van der Waals surface area contributed by atoms with Crippen molar-refractivity contribution in [2.45, 2.75) is 13.0 Å². The van der Waals surface area contributed by atoms with Gasteiger partial charge in [-0.2, -0.15) is 0 Å². The van der Waals surface area contributed by atoms with E-state index in [0.717, 1.165) is 16.0 Å². The molecule has 4 heteroatoms. The summed E-state index contributed by atoms with van der Waals surface area (Å²) in [6, 6.07) is 14.6. The van der Waals surface area contributed by atoms with Crippen LogP contribution in [0.1, 0.15) is 24.1 Å². The third kappa shape index (κ3) is 3.94. The molecule has 0 fully saturated rings. The summed E-state index contributed by atoms with van der Waals surface area (Å²) in [7, 11) is 0. The SMILES string of the molecule is CCNC(c1ccc(Cl)cc1)c1cc(Br)ccc1I. The molecular formula is C15H14BrClIN. The highest BCUT2D eigenvalue weighted by atomic mass is 127. The zero-order valence-electron chi connectivity index (χ0n) is 10.5. The van der Waals surface area contributed by atoms with Gasteiger partial charge in [-0.25, -0.2) is 0 Å². The molecule has 1 N–H and O–H groups in total. The van der Waals surface area contributed by atoms with Crippen molar-refractivity contribution < 1.29 is 0 Å². The van der Waals surface area contributed by atoms with Crippen LogP contribution in [0.15, 0.2) is 46.9 Å². The fourth-order valence-electron chi connectivity index (χ4n) is 2.00. The van der Waals surface area contributed by atoms with Crippen molar-refractivity contribution >= 4 is 50.1 Å². The molecule has 1 atom stereocenters. The molecule has 0 spiro atoms. The highest BCUT2D eigenvalue weighted by molar-refractivity contribution is 14.1. The molecule has 0 aliphatic heterocycles. The molecule has 0 bridgehead atoms. The van der Waals surface area contributed by atoms with Gasteiger partial charge in [-0.05, 0) is 70.6 Å². The van der Waals surface area contributed by atoms with E-state index in [1.165, 1.54) is 14.7 Å². The van der Waals surface area contributed by atoms with Crippen LogP contribution in [0.4, 0.5) is 0 Å². The largest absolute Gasteiger partial charge is 0.306 e. The van der Waals surface area contributed by atoms with E-state index in [-0.39, 0.29) is 6.04 Å². The first-order chi connectivity index (χ1) is 9.11. The van der Waals surface area contributed by atoms with Gasteiger partial charge < -0.3 is 5.32 Å². The Hall–Kier alpha value is -0.100. The quantitative estimate of drug-likeness (QED) is 0.615. The second kappa shape index (κ2) is 7.07. The minimum atomic E-state index is 0.187. The Kier molecular flexibility index (Phi) is 5.69. The Balaban J connectivity index is 2.44. The van der Waals surface area contributed by atoms with E-state index in [0.29, 0.717) is 0 Å². The summed E-state index contributed by atoms with van der Waals surface area (Å²) in [5.74, 6) is 0. The molecule has 0 saturated heterocycles. The molecular weight excluding hydrogens is 436 g/mol. The molecule has 0 aliphatic rings. The normalized spacial score (nSPS) is 12.4. The standard InChI is InChI=1S/C15H14BrClIN/c1-2-19-15(10-3-6-12(17)7-4-10)13-9-11(16)5-8-14(13)18/h3-9,15,19H,2H2,1H3. The van der Waals surface area contributed by atoms with Crippen LogP contribution < -0.4 is 5.32 Å². The van der Waals surface area contributed by atoms with Gasteiger partial charge in [0.1, 0.15) is 0 Å². The van der Waals surface area contributed by atoms with E-state index in [4.69, 9.17) is 11.6 Å². The predicted octanol–water partition coefficient (Wildman–Crippen LogP) is 5.41. The maximum atomic E-state index is 5.97.